The number of carboxylic acid groups (broad SMARTS) is 1. The molecule has 0 spiro atoms. The topological polar surface area (TPSA) is 70.5 Å². The number of likely N-dealkylation sites (tertiary alicyclic amines) is 1. The minimum absolute atomic E-state index is 0.00226. The Labute approximate surface area is 147 Å². The second-order valence-corrected chi connectivity index (χ2v) is 8.45. The zero-order valence-corrected chi connectivity index (χ0v) is 15.3. The molecule has 2 heterocycles. The van der Waals surface area contributed by atoms with Crippen molar-refractivity contribution >= 4 is 23.2 Å². The van der Waals surface area contributed by atoms with Gasteiger partial charge in [0.05, 0.1) is 16.1 Å². The smallest absolute Gasteiger partial charge is 0.310 e. The van der Waals surface area contributed by atoms with Crippen molar-refractivity contribution in [3.05, 3.63) is 16.1 Å². The second-order valence-electron chi connectivity index (χ2n) is 7.56. The molecule has 2 aliphatic rings. The largest absolute Gasteiger partial charge is 0.481 e. The number of rotatable bonds is 5. The third kappa shape index (κ3) is 3.34. The normalized spacial score (nSPS) is 23.1. The number of aliphatic carboxylic acids is 1. The van der Waals surface area contributed by atoms with Crippen molar-refractivity contribution < 1.29 is 14.7 Å². The molecule has 6 heteroatoms. The van der Waals surface area contributed by atoms with Crippen LogP contribution in [0.2, 0.25) is 0 Å². The number of carboxylic acids is 1. The molecule has 1 N–H and O–H groups in total. The summed E-state index contributed by atoms with van der Waals surface area (Å²) in [5.74, 6) is -0.0904. The van der Waals surface area contributed by atoms with Gasteiger partial charge in [0.2, 0.25) is 5.91 Å². The lowest BCUT2D eigenvalue weighted by atomic mass is 9.66. The highest BCUT2D eigenvalue weighted by molar-refractivity contribution is 7.09. The molecule has 1 aromatic heterocycles. The maximum absolute atomic E-state index is 12.6. The first-order valence-corrected chi connectivity index (χ1v) is 9.76. The summed E-state index contributed by atoms with van der Waals surface area (Å²) < 4.78 is 0. The Morgan fingerprint density at radius 1 is 1.42 bits per heavy atom. The molecule has 1 saturated heterocycles. The van der Waals surface area contributed by atoms with E-state index >= 15 is 0 Å². The van der Waals surface area contributed by atoms with Gasteiger partial charge < -0.3 is 10.0 Å². The van der Waals surface area contributed by atoms with Gasteiger partial charge in [-0.1, -0.05) is 20.3 Å². The average Bonchev–Trinajstić information content (AvgIpc) is 3.00. The van der Waals surface area contributed by atoms with Crippen molar-refractivity contribution in [3.8, 4) is 0 Å². The van der Waals surface area contributed by atoms with Gasteiger partial charge in [-0.3, -0.25) is 9.59 Å². The van der Waals surface area contributed by atoms with E-state index in [4.69, 9.17) is 4.98 Å². The molecule has 24 heavy (non-hydrogen) atoms. The lowest BCUT2D eigenvalue weighted by Crippen LogP contribution is -2.46. The van der Waals surface area contributed by atoms with E-state index in [1.165, 1.54) is 0 Å². The summed E-state index contributed by atoms with van der Waals surface area (Å²) in [6, 6.07) is 0. The molecule has 132 valence electrons. The van der Waals surface area contributed by atoms with E-state index in [1.54, 1.807) is 11.3 Å². The molecule has 2 fully saturated rings. The summed E-state index contributed by atoms with van der Waals surface area (Å²) in [5.41, 5.74) is 0.327. The fourth-order valence-electron chi connectivity index (χ4n) is 3.63. The molecule has 1 unspecified atom stereocenters. The molecule has 1 saturated carbocycles. The maximum Gasteiger partial charge on any atom is 0.310 e. The van der Waals surface area contributed by atoms with E-state index in [0.29, 0.717) is 31.2 Å². The van der Waals surface area contributed by atoms with Crippen LogP contribution in [0.5, 0.6) is 0 Å². The molecule has 1 amide bonds. The van der Waals surface area contributed by atoms with E-state index in [1.807, 2.05) is 4.90 Å². The van der Waals surface area contributed by atoms with Crippen molar-refractivity contribution in [1.82, 2.24) is 9.88 Å². The summed E-state index contributed by atoms with van der Waals surface area (Å²) in [4.78, 5) is 30.8. The molecule has 1 atom stereocenters. The molecular weight excluding hydrogens is 324 g/mol. The number of hydrogen-bond acceptors (Lipinski definition) is 4. The van der Waals surface area contributed by atoms with Crippen LogP contribution in [0.25, 0.3) is 0 Å². The fraction of sp³-hybridized carbons (Fsp3) is 0.722. The third-order valence-electron chi connectivity index (χ3n) is 5.51. The Hall–Kier alpha value is -1.43. The maximum atomic E-state index is 12.6. The van der Waals surface area contributed by atoms with Crippen molar-refractivity contribution in [3.63, 3.8) is 0 Å². The summed E-state index contributed by atoms with van der Waals surface area (Å²) in [5, 5.41) is 12.7. The Morgan fingerprint density at radius 2 is 2.17 bits per heavy atom. The van der Waals surface area contributed by atoms with E-state index in [-0.39, 0.29) is 12.3 Å². The van der Waals surface area contributed by atoms with Gasteiger partial charge in [-0.2, -0.15) is 0 Å². The molecule has 3 rings (SSSR count). The SMILES string of the molecule is CC(C)c1csc(C2CCCN(C(=O)CC3(C(=O)O)CCC3)C2)n1. The summed E-state index contributed by atoms with van der Waals surface area (Å²) in [7, 11) is 0. The van der Waals surface area contributed by atoms with E-state index in [2.05, 4.69) is 19.2 Å². The molecule has 5 nitrogen and oxygen atoms in total. The number of piperidine rings is 1. The van der Waals surface area contributed by atoms with Gasteiger partial charge in [0, 0.05) is 30.8 Å². The predicted octanol–water partition coefficient (Wildman–Crippen LogP) is 3.62. The fourth-order valence-corrected chi connectivity index (χ4v) is 4.74. The highest BCUT2D eigenvalue weighted by atomic mass is 32.1. The van der Waals surface area contributed by atoms with E-state index in [0.717, 1.165) is 36.5 Å². The molecule has 0 aromatic carbocycles. The Morgan fingerprint density at radius 3 is 2.71 bits per heavy atom. The van der Waals surface area contributed by atoms with Gasteiger partial charge in [0.15, 0.2) is 0 Å². The van der Waals surface area contributed by atoms with Crippen LogP contribution in [0.4, 0.5) is 0 Å². The number of carbonyl (C=O) groups excluding carboxylic acids is 1. The molecule has 1 aromatic rings. The van der Waals surface area contributed by atoms with Crippen molar-refractivity contribution in [2.24, 2.45) is 5.41 Å². The molecule has 1 aliphatic heterocycles. The second kappa shape index (κ2) is 6.82. The van der Waals surface area contributed by atoms with Gasteiger partial charge in [-0.15, -0.1) is 11.3 Å². The van der Waals surface area contributed by atoms with Gasteiger partial charge in [-0.05, 0) is 31.6 Å². The Balaban J connectivity index is 1.64. The van der Waals surface area contributed by atoms with Crippen molar-refractivity contribution in [1.29, 1.82) is 0 Å². The van der Waals surface area contributed by atoms with Crippen molar-refractivity contribution in [2.75, 3.05) is 13.1 Å². The number of hydrogen-bond donors (Lipinski definition) is 1. The zero-order valence-electron chi connectivity index (χ0n) is 14.5. The first-order chi connectivity index (χ1) is 11.4. The number of carbonyl (C=O) groups is 2. The minimum Gasteiger partial charge on any atom is -0.481 e. The standard InChI is InChI=1S/C18H26N2O3S/c1-12(2)14-11-24-16(19-14)13-5-3-8-20(10-13)15(21)9-18(17(22)23)6-4-7-18/h11-13H,3-10H2,1-2H3,(H,22,23). The highest BCUT2D eigenvalue weighted by Crippen LogP contribution is 2.45. The molecule has 1 aliphatic carbocycles. The zero-order chi connectivity index (χ0) is 17.3. The quantitative estimate of drug-likeness (QED) is 0.880. The van der Waals surface area contributed by atoms with Crippen LogP contribution in [0.15, 0.2) is 5.38 Å². The summed E-state index contributed by atoms with van der Waals surface area (Å²) in [6.07, 6.45) is 4.36. The Kier molecular flexibility index (Phi) is 4.95. The van der Waals surface area contributed by atoms with Crippen LogP contribution in [0.3, 0.4) is 0 Å². The first-order valence-electron chi connectivity index (χ1n) is 8.88. The van der Waals surface area contributed by atoms with E-state index < -0.39 is 11.4 Å². The summed E-state index contributed by atoms with van der Waals surface area (Å²) in [6.45, 7) is 5.70. The molecule has 0 radical (unpaired) electrons. The lowest BCUT2D eigenvalue weighted by Gasteiger charge is -2.40. The summed E-state index contributed by atoms with van der Waals surface area (Å²) >= 11 is 1.69. The molecule has 0 bridgehead atoms. The van der Waals surface area contributed by atoms with Crippen molar-refractivity contribution in [2.45, 2.75) is 64.2 Å². The van der Waals surface area contributed by atoms with Crippen LogP contribution in [0, 0.1) is 5.41 Å². The van der Waals surface area contributed by atoms with E-state index in [9.17, 15) is 14.7 Å². The first kappa shape index (κ1) is 17.4. The van der Waals surface area contributed by atoms with Gasteiger partial charge in [0.25, 0.3) is 0 Å². The van der Waals surface area contributed by atoms with Gasteiger partial charge >= 0.3 is 5.97 Å². The number of thiazole rings is 1. The van der Waals surface area contributed by atoms with Gasteiger partial charge in [0.1, 0.15) is 0 Å². The van der Waals surface area contributed by atoms with Crippen LogP contribution in [-0.4, -0.2) is 40.0 Å². The van der Waals surface area contributed by atoms with Crippen LogP contribution < -0.4 is 0 Å². The minimum atomic E-state index is -0.808. The number of nitrogens with zero attached hydrogens (tertiary/aromatic N) is 2. The number of amides is 1. The monoisotopic (exact) mass is 350 g/mol. The lowest BCUT2D eigenvalue weighted by molar-refractivity contribution is -0.159. The van der Waals surface area contributed by atoms with Crippen LogP contribution >= 0.6 is 11.3 Å². The van der Waals surface area contributed by atoms with Crippen LogP contribution in [-0.2, 0) is 9.59 Å². The molecular formula is C18H26N2O3S. The Bertz CT molecular complexity index is 622. The average molecular weight is 350 g/mol. The van der Waals surface area contributed by atoms with Gasteiger partial charge in [-0.25, -0.2) is 4.98 Å². The number of aromatic nitrogens is 1. The van der Waals surface area contributed by atoms with Crippen LogP contribution in [0.1, 0.15) is 74.9 Å². The predicted molar refractivity (Wildman–Crippen MR) is 93.3 cm³/mol. The highest BCUT2D eigenvalue weighted by Gasteiger charge is 2.46. The third-order valence-corrected chi connectivity index (χ3v) is 6.53.